The molecular formula is C23H23N5O4. The molecule has 1 fully saturated rings. The number of anilines is 2. The van der Waals surface area contributed by atoms with Gasteiger partial charge in [0.05, 0.1) is 16.2 Å². The average molecular weight is 433 g/mol. The molecule has 0 bridgehead atoms. The summed E-state index contributed by atoms with van der Waals surface area (Å²) >= 11 is 0. The Morgan fingerprint density at radius 3 is 2.53 bits per heavy atom. The molecule has 2 aromatic carbocycles. The Bertz CT molecular complexity index is 1130. The number of aryl methyl sites for hydroxylation is 1. The summed E-state index contributed by atoms with van der Waals surface area (Å²) in [5.41, 5.74) is 2.26. The highest BCUT2D eigenvalue weighted by Crippen LogP contribution is 2.30. The van der Waals surface area contributed by atoms with Gasteiger partial charge in [0.25, 0.3) is 11.6 Å². The largest absolute Gasteiger partial charge is 0.424 e. The third-order valence-electron chi connectivity index (χ3n) is 5.33. The van der Waals surface area contributed by atoms with E-state index >= 15 is 0 Å². The second-order valence-electron chi connectivity index (χ2n) is 7.57. The minimum atomic E-state index is -0.486. The van der Waals surface area contributed by atoms with E-state index in [4.69, 9.17) is 4.74 Å². The van der Waals surface area contributed by atoms with E-state index < -0.39 is 10.8 Å². The first-order valence-electron chi connectivity index (χ1n) is 10.4. The maximum absolute atomic E-state index is 13.2. The van der Waals surface area contributed by atoms with Crippen molar-refractivity contribution in [2.45, 2.75) is 26.2 Å². The summed E-state index contributed by atoms with van der Waals surface area (Å²) in [7, 11) is 0. The van der Waals surface area contributed by atoms with Crippen LogP contribution in [0.1, 0.15) is 35.2 Å². The van der Waals surface area contributed by atoms with Crippen LogP contribution >= 0.6 is 0 Å². The van der Waals surface area contributed by atoms with E-state index in [9.17, 15) is 14.9 Å². The molecule has 0 unspecified atom stereocenters. The molecule has 0 spiro atoms. The molecule has 1 amide bonds. The first-order chi connectivity index (χ1) is 15.5. The van der Waals surface area contributed by atoms with Gasteiger partial charge in [-0.3, -0.25) is 14.9 Å². The molecule has 9 nitrogen and oxygen atoms in total. The molecule has 9 heteroatoms. The van der Waals surface area contributed by atoms with Crippen molar-refractivity contribution >= 4 is 23.0 Å². The Labute approximate surface area is 185 Å². The van der Waals surface area contributed by atoms with Crippen LogP contribution in [0.2, 0.25) is 0 Å². The monoisotopic (exact) mass is 433 g/mol. The number of rotatable bonds is 6. The third kappa shape index (κ3) is 4.83. The Hall–Kier alpha value is -4.01. The number of hydrogen-bond donors (Lipinski definition) is 1. The third-order valence-corrected chi connectivity index (χ3v) is 5.33. The maximum atomic E-state index is 13.2. The van der Waals surface area contributed by atoms with Crippen molar-refractivity contribution in [3.63, 3.8) is 0 Å². The fraction of sp³-hybridized carbons (Fsp3) is 0.261. The van der Waals surface area contributed by atoms with Crippen LogP contribution in [0.15, 0.2) is 54.9 Å². The lowest BCUT2D eigenvalue weighted by Gasteiger charge is -2.30. The van der Waals surface area contributed by atoms with Crippen molar-refractivity contribution in [2.75, 3.05) is 23.3 Å². The SMILES string of the molecule is Cc1cc(Oc2ncccn2)ccc1NC(=O)c1cc([N+](=O)[O-])ccc1N1CCCCC1. The number of hydrogen-bond acceptors (Lipinski definition) is 7. The lowest BCUT2D eigenvalue weighted by atomic mass is 10.1. The smallest absolute Gasteiger partial charge is 0.321 e. The molecule has 1 aromatic heterocycles. The van der Waals surface area contributed by atoms with Gasteiger partial charge in [-0.05, 0) is 62.1 Å². The zero-order valence-electron chi connectivity index (χ0n) is 17.7. The molecule has 3 aromatic rings. The first-order valence-corrected chi connectivity index (χ1v) is 10.4. The molecule has 4 rings (SSSR count). The van der Waals surface area contributed by atoms with Gasteiger partial charge in [-0.1, -0.05) is 0 Å². The quantitative estimate of drug-likeness (QED) is 0.442. The minimum absolute atomic E-state index is 0.112. The fourth-order valence-electron chi connectivity index (χ4n) is 3.70. The van der Waals surface area contributed by atoms with Gasteiger partial charge in [-0.15, -0.1) is 0 Å². The van der Waals surface area contributed by atoms with Crippen molar-refractivity contribution in [1.82, 2.24) is 9.97 Å². The Morgan fingerprint density at radius 2 is 1.84 bits per heavy atom. The molecule has 1 aliphatic heterocycles. The van der Waals surface area contributed by atoms with Crippen LogP contribution in [0.3, 0.4) is 0 Å². The van der Waals surface area contributed by atoms with Crippen LogP contribution in [0.4, 0.5) is 17.1 Å². The van der Waals surface area contributed by atoms with Gasteiger partial charge < -0.3 is 15.0 Å². The van der Waals surface area contributed by atoms with Crippen LogP contribution in [0.25, 0.3) is 0 Å². The minimum Gasteiger partial charge on any atom is -0.424 e. The number of amides is 1. The average Bonchev–Trinajstić information content (AvgIpc) is 2.81. The van der Waals surface area contributed by atoms with E-state index in [1.54, 1.807) is 42.7 Å². The van der Waals surface area contributed by atoms with E-state index in [0.29, 0.717) is 22.7 Å². The van der Waals surface area contributed by atoms with Crippen molar-refractivity contribution in [2.24, 2.45) is 0 Å². The first kappa shape index (κ1) is 21.2. The molecule has 164 valence electrons. The van der Waals surface area contributed by atoms with Gasteiger partial charge in [0.2, 0.25) is 0 Å². The Kier molecular flexibility index (Phi) is 6.25. The second kappa shape index (κ2) is 9.42. The number of nitrogens with one attached hydrogen (secondary N) is 1. The molecule has 2 heterocycles. The number of ether oxygens (including phenoxy) is 1. The summed E-state index contributed by atoms with van der Waals surface area (Å²) in [4.78, 5) is 34.2. The predicted octanol–water partition coefficient (Wildman–Crippen LogP) is 4.73. The number of benzene rings is 2. The van der Waals surface area contributed by atoms with Crippen LogP contribution in [-0.2, 0) is 0 Å². The second-order valence-corrected chi connectivity index (χ2v) is 7.57. The summed E-state index contributed by atoms with van der Waals surface area (Å²) in [5, 5.41) is 14.2. The van der Waals surface area contributed by atoms with Gasteiger partial charge >= 0.3 is 6.01 Å². The lowest BCUT2D eigenvalue weighted by molar-refractivity contribution is -0.384. The highest BCUT2D eigenvalue weighted by Gasteiger charge is 2.22. The van der Waals surface area contributed by atoms with Crippen LogP contribution < -0.4 is 15.0 Å². The number of nitro groups is 1. The standard InChI is InChI=1S/C23H23N5O4/c1-16-14-18(32-23-24-10-5-11-25-23)7-8-20(16)26-22(29)19-15-17(28(30)31)6-9-21(19)27-12-3-2-4-13-27/h5-11,14-15H,2-4,12-13H2,1H3,(H,26,29). The highest BCUT2D eigenvalue weighted by molar-refractivity contribution is 6.09. The maximum Gasteiger partial charge on any atom is 0.321 e. The molecule has 32 heavy (non-hydrogen) atoms. The van der Waals surface area contributed by atoms with Gasteiger partial charge in [-0.2, -0.15) is 0 Å². The summed E-state index contributed by atoms with van der Waals surface area (Å²) in [6, 6.07) is 11.6. The fourth-order valence-corrected chi connectivity index (χ4v) is 3.70. The Morgan fingerprint density at radius 1 is 1.09 bits per heavy atom. The number of nitro benzene ring substituents is 1. The lowest BCUT2D eigenvalue weighted by Crippen LogP contribution is -2.31. The number of carbonyl (C=O) groups is 1. The summed E-state index contributed by atoms with van der Waals surface area (Å²) < 4.78 is 5.63. The molecule has 0 radical (unpaired) electrons. The number of aromatic nitrogens is 2. The Balaban J connectivity index is 1.57. The summed E-state index contributed by atoms with van der Waals surface area (Å²) in [6.45, 7) is 3.49. The zero-order chi connectivity index (χ0) is 22.5. The van der Waals surface area contributed by atoms with Crippen LogP contribution in [-0.4, -0.2) is 33.9 Å². The normalized spacial score (nSPS) is 13.5. The van der Waals surface area contributed by atoms with Crippen LogP contribution in [0, 0.1) is 17.0 Å². The number of non-ortho nitro benzene ring substituents is 1. The van der Waals surface area contributed by atoms with Crippen molar-refractivity contribution in [3.05, 3.63) is 76.1 Å². The molecule has 0 aliphatic carbocycles. The molecule has 1 aliphatic rings. The van der Waals surface area contributed by atoms with E-state index in [-0.39, 0.29) is 11.7 Å². The van der Waals surface area contributed by atoms with Crippen molar-refractivity contribution in [1.29, 1.82) is 0 Å². The summed E-state index contributed by atoms with van der Waals surface area (Å²) in [5.74, 6) is 0.147. The highest BCUT2D eigenvalue weighted by atomic mass is 16.6. The predicted molar refractivity (Wildman–Crippen MR) is 120 cm³/mol. The molecule has 0 atom stereocenters. The van der Waals surface area contributed by atoms with Gasteiger partial charge in [0.1, 0.15) is 5.75 Å². The molecule has 1 N–H and O–H groups in total. The molecule has 1 saturated heterocycles. The van der Waals surface area contributed by atoms with Crippen molar-refractivity contribution in [3.8, 4) is 11.8 Å². The topological polar surface area (TPSA) is 110 Å². The van der Waals surface area contributed by atoms with Gasteiger partial charge in [0, 0.05) is 43.3 Å². The van der Waals surface area contributed by atoms with Gasteiger partial charge in [0.15, 0.2) is 0 Å². The molecule has 0 saturated carbocycles. The van der Waals surface area contributed by atoms with E-state index in [2.05, 4.69) is 20.2 Å². The van der Waals surface area contributed by atoms with Gasteiger partial charge in [-0.25, -0.2) is 9.97 Å². The number of carbonyl (C=O) groups excluding carboxylic acids is 1. The van der Waals surface area contributed by atoms with Crippen molar-refractivity contribution < 1.29 is 14.5 Å². The summed E-state index contributed by atoms with van der Waals surface area (Å²) in [6.07, 6.45) is 6.38. The van der Waals surface area contributed by atoms with E-state index in [0.717, 1.165) is 37.9 Å². The van der Waals surface area contributed by atoms with E-state index in [1.807, 2.05) is 6.92 Å². The number of piperidine rings is 1. The van der Waals surface area contributed by atoms with E-state index in [1.165, 1.54) is 12.1 Å². The molecular weight excluding hydrogens is 410 g/mol. The number of nitrogens with zero attached hydrogens (tertiary/aromatic N) is 4. The van der Waals surface area contributed by atoms with Crippen LogP contribution in [0.5, 0.6) is 11.8 Å². The zero-order valence-corrected chi connectivity index (χ0v) is 17.7.